The molecular formula is C12H12F3N3O2S. The molecule has 1 heterocycles. The molecule has 1 aromatic carbocycles. The molecule has 0 saturated heterocycles. The molecule has 1 aliphatic rings. The summed E-state index contributed by atoms with van der Waals surface area (Å²) in [7, 11) is 0. The number of halogens is 3. The summed E-state index contributed by atoms with van der Waals surface area (Å²) in [5.74, 6) is -0.491. The standard InChI is InChI=1S/C12H12F3N3O2S/c13-12(14,15)6-1-2-8(10(19)3-6)9-4-7(20-18-9)5-17-11(16)21/h1-4,7,18-19H,5H2,(H3,16,17,21). The maximum absolute atomic E-state index is 12.5. The highest BCUT2D eigenvalue weighted by Crippen LogP contribution is 2.35. The lowest BCUT2D eigenvalue weighted by Crippen LogP contribution is -2.35. The average molecular weight is 319 g/mol. The van der Waals surface area contributed by atoms with Crippen molar-refractivity contribution < 1.29 is 23.1 Å². The Labute approximate surface area is 123 Å². The van der Waals surface area contributed by atoms with Crippen LogP contribution in [0.4, 0.5) is 13.2 Å². The predicted octanol–water partition coefficient (Wildman–Crippen LogP) is 1.49. The number of phenols is 1. The molecule has 0 fully saturated rings. The number of hydroxylamine groups is 1. The van der Waals surface area contributed by atoms with Gasteiger partial charge < -0.3 is 16.2 Å². The zero-order chi connectivity index (χ0) is 15.6. The largest absolute Gasteiger partial charge is 0.507 e. The molecule has 0 radical (unpaired) electrons. The number of nitrogens with two attached hydrogens (primary N) is 1. The SMILES string of the molecule is NC(=S)NCC1C=C(c2ccc(C(F)(F)F)cc2O)NO1. The number of rotatable bonds is 3. The zero-order valence-corrected chi connectivity index (χ0v) is 11.4. The Balaban J connectivity index is 2.16. The minimum atomic E-state index is -4.51. The third-order valence-corrected chi connectivity index (χ3v) is 2.91. The Bertz CT molecular complexity index is 590. The quantitative estimate of drug-likeness (QED) is 0.632. The maximum atomic E-state index is 12.5. The number of alkyl halides is 3. The number of hydrogen-bond donors (Lipinski definition) is 4. The fourth-order valence-corrected chi connectivity index (χ4v) is 1.86. The summed E-state index contributed by atoms with van der Waals surface area (Å²) >= 11 is 4.65. The van der Waals surface area contributed by atoms with E-state index in [1.165, 1.54) is 6.07 Å². The molecule has 2 rings (SSSR count). The van der Waals surface area contributed by atoms with E-state index in [1.54, 1.807) is 6.08 Å². The molecule has 5 N–H and O–H groups in total. The van der Waals surface area contributed by atoms with Gasteiger partial charge in [-0.3, -0.25) is 10.3 Å². The minimum absolute atomic E-state index is 0.109. The second-order valence-corrected chi connectivity index (χ2v) is 4.75. The summed E-state index contributed by atoms with van der Waals surface area (Å²) in [6.45, 7) is 0.299. The van der Waals surface area contributed by atoms with Crippen LogP contribution in [0.1, 0.15) is 11.1 Å². The molecule has 0 saturated carbocycles. The van der Waals surface area contributed by atoms with E-state index in [-0.39, 0.29) is 10.7 Å². The first-order chi connectivity index (χ1) is 9.77. The predicted molar refractivity (Wildman–Crippen MR) is 73.9 cm³/mol. The van der Waals surface area contributed by atoms with Crippen LogP contribution in [0.3, 0.4) is 0 Å². The van der Waals surface area contributed by atoms with Crippen LogP contribution in [0.5, 0.6) is 5.75 Å². The van der Waals surface area contributed by atoms with Crippen molar-refractivity contribution in [1.29, 1.82) is 0 Å². The van der Waals surface area contributed by atoms with Gasteiger partial charge in [-0.05, 0) is 36.5 Å². The van der Waals surface area contributed by atoms with Crippen LogP contribution < -0.4 is 16.5 Å². The van der Waals surface area contributed by atoms with E-state index in [4.69, 9.17) is 10.6 Å². The van der Waals surface area contributed by atoms with Crippen molar-refractivity contribution in [3.63, 3.8) is 0 Å². The molecule has 1 unspecified atom stereocenters. The lowest BCUT2D eigenvalue weighted by molar-refractivity contribution is -0.137. The first-order valence-corrected chi connectivity index (χ1v) is 6.25. The zero-order valence-electron chi connectivity index (χ0n) is 10.6. The van der Waals surface area contributed by atoms with Gasteiger partial charge in [-0.1, -0.05) is 0 Å². The number of benzene rings is 1. The summed E-state index contributed by atoms with van der Waals surface area (Å²) in [6, 6.07) is 2.72. The topological polar surface area (TPSA) is 79.5 Å². The summed E-state index contributed by atoms with van der Waals surface area (Å²) in [4.78, 5) is 5.17. The lowest BCUT2D eigenvalue weighted by Gasteiger charge is -2.10. The number of aromatic hydroxyl groups is 1. The molecule has 1 aromatic rings. The van der Waals surface area contributed by atoms with Crippen molar-refractivity contribution in [2.24, 2.45) is 5.73 Å². The summed E-state index contributed by atoms with van der Waals surface area (Å²) in [5, 5.41) is 12.5. The first kappa shape index (κ1) is 15.4. The Kier molecular flexibility index (Phi) is 4.24. The van der Waals surface area contributed by atoms with Crippen molar-refractivity contribution in [1.82, 2.24) is 10.8 Å². The van der Waals surface area contributed by atoms with Crippen molar-refractivity contribution in [3.05, 3.63) is 35.4 Å². The first-order valence-electron chi connectivity index (χ1n) is 5.85. The fourth-order valence-electron chi connectivity index (χ4n) is 1.78. The third-order valence-electron chi connectivity index (χ3n) is 2.77. The van der Waals surface area contributed by atoms with E-state index in [0.717, 1.165) is 6.07 Å². The molecule has 21 heavy (non-hydrogen) atoms. The molecule has 0 amide bonds. The van der Waals surface area contributed by atoms with Crippen molar-refractivity contribution in [3.8, 4) is 5.75 Å². The second-order valence-electron chi connectivity index (χ2n) is 4.31. The van der Waals surface area contributed by atoms with Crippen LogP contribution in [0.2, 0.25) is 0 Å². The van der Waals surface area contributed by atoms with Crippen LogP contribution in [-0.4, -0.2) is 22.9 Å². The fraction of sp³-hybridized carbons (Fsp3) is 0.250. The molecule has 1 aliphatic heterocycles. The van der Waals surface area contributed by atoms with Crippen LogP contribution in [-0.2, 0) is 11.0 Å². The highest BCUT2D eigenvalue weighted by atomic mass is 32.1. The Morgan fingerprint density at radius 3 is 2.76 bits per heavy atom. The number of nitrogens with one attached hydrogen (secondary N) is 2. The van der Waals surface area contributed by atoms with E-state index in [1.807, 2.05) is 0 Å². The molecule has 0 aromatic heterocycles. The summed E-state index contributed by atoms with van der Waals surface area (Å²) < 4.78 is 37.5. The molecule has 5 nitrogen and oxygen atoms in total. The third kappa shape index (κ3) is 3.76. The van der Waals surface area contributed by atoms with E-state index in [2.05, 4.69) is 23.0 Å². The number of hydrogen-bond acceptors (Lipinski definition) is 4. The van der Waals surface area contributed by atoms with Crippen LogP contribution in [0.15, 0.2) is 24.3 Å². The minimum Gasteiger partial charge on any atom is -0.507 e. The van der Waals surface area contributed by atoms with E-state index in [0.29, 0.717) is 18.3 Å². The molecular weight excluding hydrogens is 307 g/mol. The van der Waals surface area contributed by atoms with Gasteiger partial charge in [0.05, 0.1) is 11.3 Å². The van der Waals surface area contributed by atoms with Crippen molar-refractivity contribution >= 4 is 23.0 Å². The average Bonchev–Trinajstić information content (AvgIpc) is 2.83. The molecule has 0 bridgehead atoms. The van der Waals surface area contributed by atoms with Gasteiger partial charge >= 0.3 is 6.18 Å². The van der Waals surface area contributed by atoms with Crippen LogP contribution >= 0.6 is 12.2 Å². The van der Waals surface area contributed by atoms with E-state index < -0.39 is 23.6 Å². The second kappa shape index (κ2) is 5.78. The van der Waals surface area contributed by atoms with Gasteiger partial charge in [-0.2, -0.15) is 13.2 Å². The van der Waals surface area contributed by atoms with Crippen LogP contribution in [0, 0.1) is 0 Å². The molecule has 0 aliphatic carbocycles. The highest BCUT2D eigenvalue weighted by Gasteiger charge is 2.31. The van der Waals surface area contributed by atoms with E-state index in [9.17, 15) is 18.3 Å². The van der Waals surface area contributed by atoms with E-state index >= 15 is 0 Å². The molecule has 1 atom stereocenters. The smallest absolute Gasteiger partial charge is 0.416 e. The monoisotopic (exact) mass is 319 g/mol. The van der Waals surface area contributed by atoms with Gasteiger partial charge in [0.25, 0.3) is 0 Å². The molecule has 9 heteroatoms. The van der Waals surface area contributed by atoms with Crippen LogP contribution in [0.25, 0.3) is 5.70 Å². The van der Waals surface area contributed by atoms with Gasteiger partial charge in [0.15, 0.2) is 5.11 Å². The number of phenolic OH excluding ortho intramolecular Hbond substituents is 1. The molecule has 114 valence electrons. The Hall–Kier alpha value is -2.00. The summed E-state index contributed by atoms with van der Waals surface area (Å²) in [5.41, 5.74) is 7.48. The lowest BCUT2D eigenvalue weighted by atomic mass is 10.1. The van der Waals surface area contributed by atoms with Gasteiger partial charge in [0, 0.05) is 12.1 Å². The highest BCUT2D eigenvalue weighted by molar-refractivity contribution is 7.80. The van der Waals surface area contributed by atoms with Gasteiger partial charge in [-0.15, -0.1) is 0 Å². The Morgan fingerprint density at radius 2 is 2.19 bits per heavy atom. The Morgan fingerprint density at radius 1 is 1.48 bits per heavy atom. The van der Waals surface area contributed by atoms with Gasteiger partial charge in [-0.25, -0.2) is 0 Å². The van der Waals surface area contributed by atoms with Crippen molar-refractivity contribution in [2.75, 3.05) is 6.54 Å². The van der Waals surface area contributed by atoms with Crippen molar-refractivity contribution in [2.45, 2.75) is 12.3 Å². The summed E-state index contributed by atoms with van der Waals surface area (Å²) in [6.07, 6.45) is -3.32. The maximum Gasteiger partial charge on any atom is 0.416 e. The van der Waals surface area contributed by atoms with Gasteiger partial charge in [0.1, 0.15) is 11.9 Å². The van der Waals surface area contributed by atoms with Gasteiger partial charge in [0.2, 0.25) is 0 Å². The molecule has 0 spiro atoms. The normalized spacial score (nSPS) is 18.0. The number of thiocarbonyl (C=S) groups is 1.